The van der Waals surface area contributed by atoms with Crippen molar-refractivity contribution in [3.63, 3.8) is 0 Å². The summed E-state index contributed by atoms with van der Waals surface area (Å²) < 4.78 is 71.3. The fraction of sp³-hybridized carbons (Fsp3) is 0.791. The summed E-state index contributed by atoms with van der Waals surface area (Å²) >= 11 is 0. The van der Waals surface area contributed by atoms with Crippen LogP contribution in [0.15, 0.2) is 11.6 Å². The molecule has 3 amide bonds. The number of ether oxygens (including phenoxy) is 12. The third-order valence-corrected chi connectivity index (χ3v) is 21.7. The Bertz CT molecular complexity index is 2990. The van der Waals surface area contributed by atoms with Gasteiger partial charge in [-0.15, -0.1) is 0 Å². The molecule has 2 heterocycles. The van der Waals surface area contributed by atoms with E-state index in [1.54, 1.807) is 27.7 Å². The molecule has 526 valence electrons. The normalized spacial score (nSPS) is 37.3. The van der Waals surface area contributed by atoms with E-state index < -0.39 is 178 Å². The van der Waals surface area contributed by atoms with Gasteiger partial charge in [0.15, 0.2) is 67.2 Å². The summed E-state index contributed by atoms with van der Waals surface area (Å²) in [6.07, 6.45) is -13.5. The van der Waals surface area contributed by atoms with E-state index in [1.807, 2.05) is 26.8 Å². The lowest BCUT2D eigenvalue weighted by Crippen LogP contribution is -2.70. The molecule has 5 aliphatic carbocycles. The van der Waals surface area contributed by atoms with E-state index in [0.29, 0.717) is 32.1 Å². The average Bonchev–Trinajstić information content (AvgIpc) is 0.674. The van der Waals surface area contributed by atoms with Crippen molar-refractivity contribution in [2.75, 3.05) is 19.8 Å². The Morgan fingerprint density at radius 2 is 0.947 bits per heavy atom. The monoisotopic (exact) mass is 1330 g/mol. The van der Waals surface area contributed by atoms with Crippen molar-refractivity contribution in [1.29, 1.82) is 0 Å². The second-order valence-corrected chi connectivity index (χ2v) is 28.5. The van der Waals surface area contributed by atoms with Crippen LogP contribution in [0, 0.1) is 50.2 Å². The van der Waals surface area contributed by atoms with Gasteiger partial charge < -0.3 is 72.8 Å². The summed E-state index contributed by atoms with van der Waals surface area (Å²) in [4.78, 5) is 164. The Balaban J connectivity index is 1.31. The quantitative estimate of drug-likeness (QED) is 0.0769. The van der Waals surface area contributed by atoms with Crippen LogP contribution in [0.25, 0.3) is 0 Å². The molecule has 0 bridgehead atoms. The highest BCUT2D eigenvalue weighted by molar-refractivity contribution is 5.96. The Kier molecular flexibility index (Phi) is 23.1. The van der Waals surface area contributed by atoms with Crippen LogP contribution in [-0.4, -0.2) is 177 Å². The van der Waals surface area contributed by atoms with Crippen LogP contribution in [0.3, 0.4) is 0 Å². The molecular formula is C67H99N3O24. The fourth-order valence-electron chi connectivity index (χ4n) is 16.9. The standard InChI is InChI=1S/C67H99N3O24/c1-19-83-56(79)32(4)68-54(77)49-46(87-36(8)72)48(89-38(10)74)52(94-60-51(90-39(11)75)47(88-37(9)73)45(86-35(7)71)50(93-60)55(78)69-33(5)57(80)84-20-2)59(92-49)91-44-23-24-65(16)43(62(44,12)13)22-25-67(18)53(65)42(76)30-40-41-31-64(15,61(82)70-34(6)58(81)85-21-3)27-26-63(41,14)28-29-66(40,67)17/h30,32-34,41,43-53,59-60H,19-29,31H2,1-18H3,(H,68,77)(H,69,78)(H,70,82)/t32?,33?,34?,41?,43?,44?,45-,46-,47-,48-,49-,50-,51+,52+,53?,59+,60-,63+,64-,65-,66+,67+/m0/s1. The van der Waals surface area contributed by atoms with Gasteiger partial charge in [0.1, 0.15) is 18.1 Å². The number of ketones is 1. The second-order valence-electron chi connectivity index (χ2n) is 28.5. The number of amides is 3. The Morgan fingerprint density at radius 1 is 0.521 bits per heavy atom. The van der Waals surface area contributed by atoms with Crippen molar-refractivity contribution in [3.05, 3.63) is 11.6 Å². The van der Waals surface area contributed by atoms with Gasteiger partial charge in [0.05, 0.1) is 25.9 Å². The molecular weight excluding hydrogens is 1230 g/mol. The van der Waals surface area contributed by atoms with Crippen LogP contribution in [0.1, 0.15) is 182 Å². The van der Waals surface area contributed by atoms with Crippen molar-refractivity contribution in [3.8, 4) is 0 Å². The van der Waals surface area contributed by atoms with Crippen LogP contribution >= 0.6 is 0 Å². The molecule has 2 saturated heterocycles. The highest BCUT2D eigenvalue weighted by Crippen LogP contribution is 2.75. The first-order valence-electron chi connectivity index (χ1n) is 32.9. The molecule has 94 heavy (non-hydrogen) atoms. The van der Waals surface area contributed by atoms with Gasteiger partial charge in [-0.05, 0) is 144 Å². The predicted octanol–water partition coefficient (Wildman–Crippen LogP) is 5.05. The topological polar surface area (TPSA) is 352 Å². The summed E-state index contributed by atoms with van der Waals surface area (Å²) in [5.41, 5.74) is -2.62. The van der Waals surface area contributed by atoms with Crippen molar-refractivity contribution in [1.82, 2.24) is 16.0 Å². The zero-order chi connectivity index (χ0) is 70.1. The van der Waals surface area contributed by atoms with Gasteiger partial charge in [0.2, 0.25) is 5.91 Å². The molecule has 3 N–H and O–H groups in total. The van der Waals surface area contributed by atoms with E-state index in [1.165, 1.54) is 13.8 Å². The largest absolute Gasteiger partial charge is 0.464 e. The van der Waals surface area contributed by atoms with Crippen LogP contribution in [-0.2, 0) is 114 Å². The summed E-state index contributed by atoms with van der Waals surface area (Å²) in [5.74, 6) is -10.7. The lowest BCUT2D eigenvalue weighted by Gasteiger charge is -2.70. The van der Waals surface area contributed by atoms with Gasteiger partial charge in [-0.3, -0.25) is 43.2 Å². The molecule has 0 aromatic carbocycles. The average molecular weight is 1330 g/mol. The Morgan fingerprint density at radius 3 is 1.41 bits per heavy atom. The van der Waals surface area contributed by atoms with E-state index in [-0.39, 0.29) is 55.2 Å². The number of rotatable bonds is 21. The SMILES string of the molecule is CCOC(=O)C(C)NC(=O)[C@H]1O[C@@H](O[C@H]2[C@H](OC3CC[C@@]4(C)C(CC[C@]5(C)C4C(=O)C=C4C6C[C@@](C)(C(=O)NC(C)C(=O)OCC)CC[C@]6(C)CC[C@]45C)C3(C)C)O[C@H](C(=O)NC(C)C(=O)OCC)[C@@H](OC(C)=O)[C@@H]2OC(C)=O)[C@H](OC(C)=O)[C@@H](OC(C)=O)[C@@H]1OC(C)=O. The summed E-state index contributed by atoms with van der Waals surface area (Å²) in [6.45, 7) is 28.9. The molecule has 0 radical (unpaired) electrons. The van der Waals surface area contributed by atoms with Gasteiger partial charge in [-0.1, -0.05) is 54.0 Å². The number of hydrogen-bond acceptors (Lipinski definition) is 24. The summed E-state index contributed by atoms with van der Waals surface area (Å²) in [5, 5.41) is 7.88. The molecule has 27 heteroatoms. The van der Waals surface area contributed by atoms with Crippen LogP contribution in [0.2, 0.25) is 0 Å². The first-order chi connectivity index (χ1) is 43.8. The van der Waals surface area contributed by atoms with Gasteiger partial charge in [0, 0.05) is 46.0 Å². The van der Waals surface area contributed by atoms with Crippen molar-refractivity contribution < 1.29 is 114 Å². The first kappa shape index (κ1) is 74.8. The maximum atomic E-state index is 15.6. The number of nitrogens with one attached hydrogen (secondary N) is 3. The van der Waals surface area contributed by atoms with Crippen molar-refractivity contribution in [2.45, 2.75) is 268 Å². The lowest BCUT2D eigenvalue weighted by molar-refractivity contribution is -0.370. The molecule has 7 unspecified atom stereocenters. The van der Waals surface area contributed by atoms with Gasteiger partial charge in [0.25, 0.3) is 11.8 Å². The van der Waals surface area contributed by atoms with E-state index in [9.17, 15) is 52.7 Å². The zero-order valence-corrected chi connectivity index (χ0v) is 57.7. The number of esters is 8. The van der Waals surface area contributed by atoms with Crippen molar-refractivity contribution in [2.24, 2.45) is 50.2 Å². The molecule has 4 saturated carbocycles. The van der Waals surface area contributed by atoms with Crippen LogP contribution < -0.4 is 16.0 Å². The summed E-state index contributed by atoms with van der Waals surface area (Å²) in [6, 6.07) is -3.53. The number of carbonyl (C=O) groups excluding carboxylic acids is 12. The lowest BCUT2D eigenvalue weighted by atomic mass is 9.33. The first-order valence-corrected chi connectivity index (χ1v) is 32.9. The molecule has 0 aromatic heterocycles. The zero-order valence-electron chi connectivity index (χ0n) is 57.7. The van der Waals surface area contributed by atoms with E-state index in [4.69, 9.17) is 56.8 Å². The van der Waals surface area contributed by atoms with Crippen LogP contribution in [0.5, 0.6) is 0 Å². The predicted molar refractivity (Wildman–Crippen MR) is 327 cm³/mol. The molecule has 0 aromatic rings. The van der Waals surface area contributed by atoms with Gasteiger partial charge >= 0.3 is 47.8 Å². The highest BCUT2D eigenvalue weighted by Gasteiger charge is 2.71. The number of carbonyl (C=O) groups is 12. The van der Waals surface area contributed by atoms with E-state index >= 15 is 4.79 Å². The van der Waals surface area contributed by atoms with E-state index in [2.05, 4.69) is 43.6 Å². The van der Waals surface area contributed by atoms with Crippen LogP contribution in [0.4, 0.5) is 0 Å². The number of allylic oxidation sites excluding steroid dienone is 2. The van der Waals surface area contributed by atoms with E-state index in [0.717, 1.165) is 59.5 Å². The minimum Gasteiger partial charge on any atom is -0.464 e. The highest BCUT2D eigenvalue weighted by atomic mass is 16.8. The Labute approximate surface area is 549 Å². The molecule has 7 aliphatic rings. The fourth-order valence-corrected chi connectivity index (χ4v) is 16.9. The molecule has 6 fully saturated rings. The Hall–Kier alpha value is -6.58. The minimum absolute atomic E-state index is 0.00915. The minimum atomic E-state index is -2.16. The molecule has 7 rings (SSSR count). The molecule has 2 aliphatic heterocycles. The number of fused-ring (bicyclic) bond motifs is 7. The molecule has 27 nitrogen and oxygen atoms in total. The van der Waals surface area contributed by atoms with Gasteiger partial charge in [-0.2, -0.15) is 0 Å². The second kappa shape index (κ2) is 29.0. The maximum absolute atomic E-state index is 15.6. The van der Waals surface area contributed by atoms with Crippen molar-refractivity contribution >= 4 is 71.3 Å². The third kappa shape index (κ3) is 14.9. The summed E-state index contributed by atoms with van der Waals surface area (Å²) in [7, 11) is 0. The molecule has 22 atom stereocenters. The van der Waals surface area contributed by atoms with Gasteiger partial charge in [-0.25, -0.2) is 14.4 Å². The maximum Gasteiger partial charge on any atom is 0.328 e. The molecule has 0 spiro atoms. The third-order valence-electron chi connectivity index (χ3n) is 21.7. The number of hydrogen-bond donors (Lipinski definition) is 3. The smallest absolute Gasteiger partial charge is 0.328 e.